The van der Waals surface area contributed by atoms with Crippen LogP contribution in [0, 0.1) is 17.0 Å². The van der Waals surface area contributed by atoms with Crippen molar-refractivity contribution in [2.24, 2.45) is 0 Å². The van der Waals surface area contributed by atoms with E-state index in [9.17, 15) is 19.7 Å². The number of carbonyl (C=O) groups excluding carboxylic acids is 2. The van der Waals surface area contributed by atoms with E-state index in [-0.39, 0.29) is 16.4 Å². The van der Waals surface area contributed by atoms with Crippen molar-refractivity contribution in [3.05, 3.63) is 91.1 Å². The summed E-state index contributed by atoms with van der Waals surface area (Å²) in [5.74, 6) is -1.25. The molecule has 148 valence electrons. The van der Waals surface area contributed by atoms with Gasteiger partial charge in [-0.15, -0.1) is 11.3 Å². The summed E-state index contributed by atoms with van der Waals surface area (Å²) in [5, 5.41) is 13.4. The van der Waals surface area contributed by atoms with Gasteiger partial charge in [0.05, 0.1) is 15.6 Å². The Kier molecular flexibility index (Phi) is 6.26. The molecule has 3 rings (SSSR count). The Morgan fingerprint density at radius 1 is 1.14 bits per heavy atom. The molecule has 0 aliphatic rings. The van der Waals surface area contributed by atoms with Gasteiger partial charge in [-0.05, 0) is 25.1 Å². The number of carbonyl (C=O) groups is 2. The van der Waals surface area contributed by atoms with E-state index >= 15 is 0 Å². The van der Waals surface area contributed by atoms with E-state index in [4.69, 9.17) is 16.3 Å². The maximum absolute atomic E-state index is 12.9. The van der Waals surface area contributed by atoms with Gasteiger partial charge in [-0.25, -0.2) is 4.79 Å². The van der Waals surface area contributed by atoms with E-state index in [0.29, 0.717) is 10.4 Å². The summed E-state index contributed by atoms with van der Waals surface area (Å²) in [7, 11) is 0. The van der Waals surface area contributed by atoms with Crippen LogP contribution < -0.4 is 5.32 Å². The number of halogens is 1. The second kappa shape index (κ2) is 8.85. The molecule has 0 aliphatic carbocycles. The number of hydrogen-bond donors (Lipinski definition) is 1. The van der Waals surface area contributed by atoms with Crippen molar-refractivity contribution in [2.75, 3.05) is 5.32 Å². The fourth-order valence-corrected chi connectivity index (χ4v) is 3.50. The van der Waals surface area contributed by atoms with Gasteiger partial charge in [0.1, 0.15) is 4.88 Å². The molecule has 9 heteroatoms. The number of rotatable bonds is 6. The molecular formula is C20H15ClN2O5S. The molecular weight excluding hydrogens is 416 g/mol. The SMILES string of the molecule is Cc1ccc(C(=O)OC(C(=O)Nc2ccc([N+](=O)[O-])cc2Cl)c2ccccc2)s1. The van der Waals surface area contributed by atoms with E-state index in [1.807, 2.05) is 6.92 Å². The number of thiophene rings is 1. The van der Waals surface area contributed by atoms with E-state index in [2.05, 4.69) is 5.32 Å². The lowest BCUT2D eigenvalue weighted by Crippen LogP contribution is -2.25. The highest BCUT2D eigenvalue weighted by Gasteiger charge is 2.27. The summed E-state index contributed by atoms with van der Waals surface area (Å²) >= 11 is 7.31. The molecule has 0 aliphatic heterocycles. The van der Waals surface area contributed by atoms with Crippen molar-refractivity contribution in [1.29, 1.82) is 0 Å². The van der Waals surface area contributed by atoms with Crippen LogP contribution in [0.2, 0.25) is 5.02 Å². The minimum absolute atomic E-state index is 0.000398. The van der Waals surface area contributed by atoms with Crippen LogP contribution in [0.25, 0.3) is 0 Å². The number of ether oxygens (including phenoxy) is 1. The maximum atomic E-state index is 12.9. The Hall–Kier alpha value is -3.23. The highest BCUT2D eigenvalue weighted by atomic mass is 35.5. The van der Waals surface area contributed by atoms with Crippen LogP contribution in [0.1, 0.15) is 26.2 Å². The molecule has 1 N–H and O–H groups in total. The Morgan fingerprint density at radius 3 is 2.45 bits per heavy atom. The van der Waals surface area contributed by atoms with Crippen LogP contribution in [-0.2, 0) is 9.53 Å². The van der Waals surface area contributed by atoms with Gasteiger partial charge in [0.25, 0.3) is 11.6 Å². The number of aryl methyl sites for hydroxylation is 1. The molecule has 0 fully saturated rings. The molecule has 29 heavy (non-hydrogen) atoms. The minimum Gasteiger partial charge on any atom is -0.443 e. The van der Waals surface area contributed by atoms with E-state index < -0.39 is 22.9 Å². The molecule has 1 amide bonds. The summed E-state index contributed by atoms with van der Waals surface area (Å²) in [6, 6.07) is 15.6. The van der Waals surface area contributed by atoms with Gasteiger partial charge in [0.2, 0.25) is 6.10 Å². The molecule has 7 nitrogen and oxygen atoms in total. The lowest BCUT2D eigenvalue weighted by Gasteiger charge is -2.18. The fourth-order valence-electron chi connectivity index (χ4n) is 2.53. The number of nitro groups is 1. The zero-order chi connectivity index (χ0) is 21.0. The standard InChI is InChI=1S/C20H15ClN2O5S/c1-12-7-10-17(29-12)20(25)28-18(13-5-3-2-4-6-13)19(24)22-16-9-8-14(23(26)27)11-15(16)21/h2-11,18H,1H3,(H,22,24). The highest BCUT2D eigenvalue weighted by molar-refractivity contribution is 7.13. The molecule has 1 unspecified atom stereocenters. The Balaban J connectivity index is 1.85. The number of amides is 1. The number of nitrogens with one attached hydrogen (secondary N) is 1. The third kappa shape index (κ3) is 4.98. The zero-order valence-electron chi connectivity index (χ0n) is 15.1. The second-order valence-electron chi connectivity index (χ2n) is 6.02. The topological polar surface area (TPSA) is 98.5 Å². The van der Waals surface area contributed by atoms with Crippen LogP contribution in [0.4, 0.5) is 11.4 Å². The Bertz CT molecular complexity index is 1070. The summed E-state index contributed by atoms with van der Waals surface area (Å²) in [6.07, 6.45) is -1.22. The predicted molar refractivity (Wildman–Crippen MR) is 110 cm³/mol. The molecule has 0 bridgehead atoms. The first-order chi connectivity index (χ1) is 13.8. The first-order valence-corrected chi connectivity index (χ1v) is 9.62. The largest absolute Gasteiger partial charge is 0.443 e. The second-order valence-corrected chi connectivity index (χ2v) is 7.71. The van der Waals surface area contributed by atoms with Crippen molar-refractivity contribution < 1.29 is 19.2 Å². The number of esters is 1. The number of non-ortho nitro benzene ring substituents is 1. The van der Waals surface area contributed by atoms with Crippen molar-refractivity contribution in [3.63, 3.8) is 0 Å². The summed E-state index contributed by atoms with van der Waals surface area (Å²) in [6.45, 7) is 1.86. The Labute approximate surface area is 175 Å². The lowest BCUT2D eigenvalue weighted by atomic mass is 10.1. The molecule has 1 aromatic heterocycles. The van der Waals surface area contributed by atoms with Gasteiger partial charge in [-0.3, -0.25) is 14.9 Å². The average molecular weight is 431 g/mol. The van der Waals surface area contributed by atoms with Gasteiger partial charge in [0, 0.05) is 22.6 Å². The zero-order valence-corrected chi connectivity index (χ0v) is 16.7. The lowest BCUT2D eigenvalue weighted by molar-refractivity contribution is -0.384. The Morgan fingerprint density at radius 2 is 1.86 bits per heavy atom. The number of nitro benzene ring substituents is 1. The van der Waals surface area contributed by atoms with Crippen molar-refractivity contribution in [1.82, 2.24) is 0 Å². The molecule has 0 spiro atoms. The van der Waals surface area contributed by atoms with Crippen LogP contribution in [-0.4, -0.2) is 16.8 Å². The summed E-state index contributed by atoms with van der Waals surface area (Å²) in [5.41, 5.74) is 0.447. The maximum Gasteiger partial charge on any atom is 0.349 e. The van der Waals surface area contributed by atoms with Crippen LogP contribution >= 0.6 is 22.9 Å². The highest BCUT2D eigenvalue weighted by Crippen LogP contribution is 2.29. The third-order valence-corrected chi connectivity index (χ3v) is 5.22. The van der Waals surface area contributed by atoms with Crippen molar-refractivity contribution in [3.8, 4) is 0 Å². The van der Waals surface area contributed by atoms with E-state index in [0.717, 1.165) is 10.9 Å². The smallest absolute Gasteiger partial charge is 0.349 e. The molecule has 1 heterocycles. The predicted octanol–water partition coefficient (Wildman–Crippen LogP) is 5.15. The quantitative estimate of drug-likeness (QED) is 0.331. The molecule has 2 aromatic carbocycles. The van der Waals surface area contributed by atoms with Crippen LogP contribution in [0.5, 0.6) is 0 Å². The number of benzene rings is 2. The molecule has 3 aromatic rings. The minimum atomic E-state index is -1.22. The van der Waals surface area contributed by atoms with Crippen LogP contribution in [0.15, 0.2) is 60.7 Å². The first-order valence-electron chi connectivity index (χ1n) is 8.42. The van der Waals surface area contributed by atoms with Gasteiger partial charge in [0.15, 0.2) is 0 Å². The molecule has 1 atom stereocenters. The number of nitrogens with zero attached hydrogens (tertiary/aromatic N) is 1. The molecule has 0 radical (unpaired) electrons. The van der Waals surface area contributed by atoms with Gasteiger partial charge >= 0.3 is 5.97 Å². The molecule has 0 saturated carbocycles. The monoisotopic (exact) mass is 430 g/mol. The van der Waals surface area contributed by atoms with E-state index in [1.165, 1.54) is 23.5 Å². The van der Waals surface area contributed by atoms with Gasteiger partial charge in [-0.1, -0.05) is 41.9 Å². The van der Waals surface area contributed by atoms with Gasteiger partial charge < -0.3 is 10.1 Å². The van der Waals surface area contributed by atoms with Crippen molar-refractivity contribution in [2.45, 2.75) is 13.0 Å². The fraction of sp³-hybridized carbons (Fsp3) is 0.100. The normalized spacial score (nSPS) is 11.5. The number of anilines is 1. The third-order valence-electron chi connectivity index (χ3n) is 3.93. The molecule has 0 saturated heterocycles. The number of hydrogen-bond acceptors (Lipinski definition) is 6. The van der Waals surface area contributed by atoms with Gasteiger partial charge in [-0.2, -0.15) is 0 Å². The summed E-state index contributed by atoms with van der Waals surface area (Å²) < 4.78 is 5.48. The van der Waals surface area contributed by atoms with Crippen LogP contribution in [0.3, 0.4) is 0 Å². The van der Waals surface area contributed by atoms with E-state index in [1.54, 1.807) is 42.5 Å². The van der Waals surface area contributed by atoms with Crippen molar-refractivity contribution >= 4 is 46.2 Å². The summed E-state index contributed by atoms with van der Waals surface area (Å²) in [4.78, 5) is 36.9. The average Bonchev–Trinajstić information content (AvgIpc) is 3.14. The first kappa shape index (κ1) is 20.5.